The van der Waals surface area contributed by atoms with Crippen LogP contribution in [-0.2, 0) is 4.79 Å². The maximum Gasteiger partial charge on any atom is 0.256 e. The minimum absolute atomic E-state index is 0.0585. The number of amides is 3. The van der Waals surface area contributed by atoms with E-state index in [4.69, 9.17) is 10.5 Å². The third kappa shape index (κ3) is 7.08. The zero-order valence-electron chi connectivity index (χ0n) is 18.2. The molecule has 3 amide bonds. The van der Waals surface area contributed by atoms with Gasteiger partial charge in [0.25, 0.3) is 5.91 Å². The van der Waals surface area contributed by atoms with E-state index in [0.29, 0.717) is 33.3 Å². The first-order chi connectivity index (χ1) is 15.8. The summed E-state index contributed by atoms with van der Waals surface area (Å²) in [5.41, 5.74) is 6.55. The lowest BCUT2D eigenvalue weighted by Crippen LogP contribution is -2.31. The molecule has 3 aromatic rings. The number of thioether (sulfide) groups is 1. The molecule has 3 rings (SSSR count). The molecule has 0 aliphatic heterocycles. The first kappa shape index (κ1) is 23.8. The predicted molar refractivity (Wildman–Crippen MR) is 128 cm³/mol. The molecule has 1 heterocycles. The number of anilines is 1. The highest BCUT2D eigenvalue weighted by Gasteiger charge is 2.14. The van der Waals surface area contributed by atoms with E-state index in [9.17, 15) is 14.4 Å². The monoisotopic (exact) mass is 464 g/mol. The molecule has 170 valence electrons. The summed E-state index contributed by atoms with van der Waals surface area (Å²) < 4.78 is 5.64. The Kier molecular flexibility index (Phi) is 8.04. The number of nitrogens with two attached hydrogens (primary N) is 1. The SMILES string of the molecule is CC(C)NC(=O)CSc1ccccc1C(=O)Nc1ccc(Oc2cccc(C(N)=O)c2)nc1. The Balaban J connectivity index is 1.63. The van der Waals surface area contributed by atoms with Gasteiger partial charge in [-0.05, 0) is 50.2 Å². The fourth-order valence-corrected chi connectivity index (χ4v) is 3.69. The normalized spacial score (nSPS) is 10.5. The molecule has 2 aromatic carbocycles. The lowest BCUT2D eigenvalue weighted by molar-refractivity contribution is -0.119. The number of nitrogens with zero attached hydrogens (tertiary/aromatic N) is 1. The number of hydrogen-bond acceptors (Lipinski definition) is 6. The van der Waals surface area contributed by atoms with Gasteiger partial charge < -0.3 is 21.1 Å². The van der Waals surface area contributed by atoms with Crippen LogP contribution in [0.25, 0.3) is 0 Å². The van der Waals surface area contributed by atoms with E-state index in [2.05, 4.69) is 15.6 Å². The van der Waals surface area contributed by atoms with Crippen LogP contribution in [0.15, 0.2) is 71.8 Å². The van der Waals surface area contributed by atoms with Crippen molar-refractivity contribution in [1.82, 2.24) is 10.3 Å². The van der Waals surface area contributed by atoms with E-state index in [1.54, 1.807) is 48.5 Å². The van der Waals surface area contributed by atoms with Crippen molar-refractivity contribution in [2.75, 3.05) is 11.1 Å². The molecule has 0 saturated carbocycles. The molecule has 0 spiro atoms. The van der Waals surface area contributed by atoms with Gasteiger partial charge in [-0.1, -0.05) is 18.2 Å². The Hall–Kier alpha value is -3.85. The van der Waals surface area contributed by atoms with Crippen molar-refractivity contribution >= 4 is 35.2 Å². The van der Waals surface area contributed by atoms with Crippen LogP contribution < -0.4 is 21.1 Å². The smallest absolute Gasteiger partial charge is 0.256 e. The van der Waals surface area contributed by atoms with Crippen LogP contribution in [0, 0.1) is 0 Å². The molecular formula is C24H24N4O4S. The third-order valence-electron chi connectivity index (χ3n) is 4.28. The van der Waals surface area contributed by atoms with Crippen LogP contribution in [0.2, 0.25) is 0 Å². The third-order valence-corrected chi connectivity index (χ3v) is 5.35. The second-order valence-corrected chi connectivity index (χ2v) is 8.36. The van der Waals surface area contributed by atoms with Gasteiger partial charge in [0.05, 0.1) is 23.2 Å². The van der Waals surface area contributed by atoms with Crippen molar-refractivity contribution in [3.8, 4) is 11.6 Å². The first-order valence-electron chi connectivity index (χ1n) is 10.2. The number of nitrogens with one attached hydrogen (secondary N) is 2. The standard InChI is InChI=1S/C24H24N4O4S/c1-15(2)27-21(29)14-33-20-9-4-3-8-19(20)24(31)28-17-10-11-22(26-13-17)32-18-7-5-6-16(12-18)23(25)30/h3-13,15H,14H2,1-2H3,(H2,25,30)(H,27,29)(H,28,31). The quantitative estimate of drug-likeness (QED) is 0.414. The topological polar surface area (TPSA) is 123 Å². The second kappa shape index (κ2) is 11.1. The molecule has 0 unspecified atom stereocenters. The molecule has 0 atom stereocenters. The van der Waals surface area contributed by atoms with Crippen LogP contribution in [0.4, 0.5) is 5.69 Å². The number of benzene rings is 2. The van der Waals surface area contributed by atoms with Crippen molar-refractivity contribution in [3.05, 3.63) is 78.0 Å². The molecule has 9 heteroatoms. The van der Waals surface area contributed by atoms with Crippen LogP contribution in [0.5, 0.6) is 11.6 Å². The number of hydrogen-bond donors (Lipinski definition) is 3. The zero-order chi connectivity index (χ0) is 23.8. The van der Waals surface area contributed by atoms with Crippen molar-refractivity contribution in [1.29, 1.82) is 0 Å². The van der Waals surface area contributed by atoms with E-state index in [1.807, 2.05) is 19.9 Å². The summed E-state index contributed by atoms with van der Waals surface area (Å²) in [5, 5.41) is 5.63. The summed E-state index contributed by atoms with van der Waals surface area (Å²) >= 11 is 1.30. The molecule has 0 aliphatic carbocycles. The van der Waals surface area contributed by atoms with Gasteiger partial charge in [0, 0.05) is 22.6 Å². The van der Waals surface area contributed by atoms with Crippen molar-refractivity contribution in [3.63, 3.8) is 0 Å². The van der Waals surface area contributed by atoms with Gasteiger partial charge in [0.1, 0.15) is 5.75 Å². The van der Waals surface area contributed by atoms with Crippen molar-refractivity contribution in [2.24, 2.45) is 5.73 Å². The van der Waals surface area contributed by atoms with Crippen LogP contribution >= 0.6 is 11.8 Å². The lowest BCUT2D eigenvalue weighted by atomic mass is 10.2. The van der Waals surface area contributed by atoms with Gasteiger partial charge in [0.15, 0.2) is 0 Å². The number of primary amides is 1. The minimum atomic E-state index is -0.550. The van der Waals surface area contributed by atoms with Gasteiger partial charge in [0.2, 0.25) is 17.7 Å². The fraction of sp³-hybridized carbons (Fsp3) is 0.167. The Bertz CT molecular complexity index is 1150. The van der Waals surface area contributed by atoms with Gasteiger partial charge in [-0.15, -0.1) is 11.8 Å². The number of pyridine rings is 1. The fourth-order valence-electron chi connectivity index (χ4n) is 2.83. The summed E-state index contributed by atoms with van der Waals surface area (Å²) in [4.78, 5) is 40.9. The predicted octanol–water partition coefficient (Wildman–Crippen LogP) is 3.84. The Morgan fingerprint density at radius 1 is 1.06 bits per heavy atom. The maximum absolute atomic E-state index is 12.8. The van der Waals surface area contributed by atoms with E-state index >= 15 is 0 Å². The highest BCUT2D eigenvalue weighted by atomic mass is 32.2. The van der Waals surface area contributed by atoms with Crippen LogP contribution in [0.1, 0.15) is 34.6 Å². The number of carbonyl (C=O) groups is 3. The van der Waals surface area contributed by atoms with Gasteiger partial charge in [-0.3, -0.25) is 14.4 Å². The highest BCUT2D eigenvalue weighted by Crippen LogP contribution is 2.25. The van der Waals surface area contributed by atoms with E-state index < -0.39 is 5.91 Å². The Morgan fingerprint density at radius 2 is 1.85 bits per heavy atom. The van der Waals surface area contributed by atoms with Crippen molar-refractivity contribution in [2.45, 2.75) is 24.8 Å². The maximum atomic E-state index is 12.8. The molecule has 0 bridgehead atoms. The first-order valence-corrected chi connectivity index (χ1v) is 11.2. The summed E-state index contributed by atoms with van der Waals surface area (Å²) in [6.07, 6.45) is 1.47. The number of ether oxygens (including phenoxy) is 1. The summed E-state index contributed by atoms with van der Waals surface area (Å²) in [7, 11) is 0. The molecule has 33 heavy (non-hydrogen) atoms. The van der Waals surface area contributed by atoms with Gasteiger partial charge >= 0.3 is 0 Å². The van der Waals surface area contributed by atoms with E-state index in [-0.39, 0.29) is 23.6 Å². The van der Waals surface area contributed by atoms with E-state index in [1.165, 1.54) is 24.0 Å². The molecule has 1 aromatic heterocycles. The Morgan fingerprint density at radius 3 is 2.55 bits per heavy atom. The molecule has 0 saturated heterocycles. The van der Waals surface area contributed by atoms with Gasteiger partial charge in [-0.2, -0.15) is 0 Å². The van der Waals surface area contributed by atoms with E-state index in [0.717, 1.165) is 0 Å². The highest BCUT2D eigenvalue weighted by molar-refractivity contribution is 8.00. The summed E-state index contributed by atoms with van der Waals surface area (Å²) in [6, 6.07) is 16.9. The average molecular weight is 465 g/mol. The molecule has 8 nitrogen and oxygen atoms in total. The second-order valence-electron chi connectivity index (χ2n) is 7.34. The number of aromatic nitrogens is 1. The lowest BCUT2D eigenvalue weighted by Gasteiger charge is -2.11. The molecule has 0 radical (unpaired) electrons. The average Bonchev–Trinajstić information content (AvgIpc) is 2.79. The molecule has 0 fully saturated rings. The molecular weight excluding hydrogens is 440 g/mol. The number of carbonyl (C=O) groups excluding carboxylic acids is 3. The molecule has 4 N–H and O–H groups in total. The van der Waals surface area contributed by atoms with Crippen LogP contribution in [-0.4, -0.2) is 34.5 Å². The molecule has 0 aliphatic rings. The largest absolute Gasteiger partial charge is 0.439 e. The Labute approximate surface area is 195 Å². The van der Waals surface area contributed by atoms with Crippen LogP contribution in [0.3, 0.4) is 0 Å². The number of rotatable bonds is 9. The van der Waals surface area contributed by atoms with Gasteiger partial charge in [-0.25, -0.2) is 4.98 Å². The summed E-state index contributed by atoms with van der Waals surface area (Å²) in [6.45, 7) is 3.79. The summed E-state index contributed by atoms with van der Waals surface area (Å²) in [5.74, 6) is -0.0267. The zero-order valence-corrected chi connectivity index (χ0v) is 19.0. The minimum Gasteiger partial charge on any atom is -0.439 e. The van der Waals surface area contributed by atoms with Crippen molar-refractivity contribution < 1.29 is 19.1 Å².